The predicted molar refractivity (Wildman–Crippen MR) is 89.4 cm³/mol. The quantitative estimate of drug-likeness (QED) is 0.770. The lowest BCUT2D eigenvalue weighted by atomic mass is 9.95. The highest BCUT2D eigenvalue weighted by molar-refractivity contribution is 5.76. The number of hydrogen-bond donors (Lipinski definition) is 2. The summed E-state index contributed by atoms with van der Waals surface area (Å²) in [6.07, 6.45) is 6.10. The van der Waals surface area contributed by atoms with Crippen LogP contribution in [-0.4, -0.2) is 54.5 Å². The van der Waals surface area contributed by atoms with Crippen molar-refractivity contribution in [1.29, 1.82) is 0 Å². The van der Waals surface area contributed by atoms with Gasteiger partial charge in [0.15, 0.2) is 5.82 Å². The average molecular weight is 345 g/mol. The highest BCUT2D eigenvalue weighted by Gasteiger charge is 2.26. The summed E-state index contributed by atoms with van der Waals surface area (Å²) in [6, 6.07) is 0. The van der Waals surface area contributed by atoms with Crippen molar-refractivity contribution in [2.75, 3.05) is 13.1 Å². The number of nitrogens with one attached hydrogen (secondary N) is 1. The molecule has 0 aliphatic carbocycles. The molecule has 1 saturated heterocycles. The van der Waals surface area contributed by atoms with Crippen LogP contribution in [0.5, 0.6) is 0 Å². The summed E-state index contributed by atoms with van der Waals surface area (Å²) in [6.45, 7) is 3.37. The smallest absolute Gasteiger partial charge is 0.237 e. The monoisotopic (exact) mass is 345 g/mol. The molecule has 0 atom stereocenters. The van der Waals surface area contributed by atoms with E-state index in [9.17, 15) is 9.59 Å². The van der Waals surface area contributed by atoms with Crippen LogP contribution >= 0.6 is 0 Å². The Balaban J connectivity index is 1.50. The first kappa shape index (κ1) is 17.1. The Kier molecular flexibility index (Phi) is 5.11. The molecular formula is C16H23N7O2. The van der Waals surface area contributed by atoms with Crippen molar-refractivity contribution in [2.24, 2.45) is 5.73 Å². The zero-order valence-corrected chi connectivity index (χ0v) is 14.3. The molecule has 0 unspecified atom stereocenters. The predicted octanol–water partition coefficient (Wildman–Crippen LogP) is 0.134. The van der Waals surface area contributed by atoms with Crippen molar-refractivity contribution in [3.8, 4) is 0 Å². The molecular weight excluding hydrogens is 322 g/mol. The van der Waals surface area contributed by atoms with Crippen molar-refractivity contribution in [3.63, 3.8) is 0 Å². The van der Waals surface area contributed by atoms with Crippen molar-refractivity contribution in [3.05, 3.63) is 29.9 Å². The van der Waals surface area contributed by atoms with E-state index < -0.39 is 0 Å². The van der Waals surface area contributed by atoms with Crippen LogP contribution in [0.15, 0.2) is 12.4 Å². The number of carbonyl (C=O) groups excluding carboxylic acids is 2. The Labute approximate surface area is 145 Å². The first-order valence-electron chi connectivity index (χ1n) is 8.48. The van der Waals surface area contributed by atoms with Crippen molar-refractivity contribution >= 4 is 11.8 Å². The van der Waals surface area contributed by atoms with Gasteiger partial charge < -0.3 is 15.2 Å². The van der Waals surface area contributed by atoms with Gasteiger partial charge in [-0.2, -0.15) is 5.10 Å². The number of piperidine rings is 1. The summed E-state index contributed by atoms with van der Waals surface area (Å²) in [5.41, 5.74) is 5.27. The van der Waals surface area contributed by atoms with Gasteiger partial charge in [0.2, 0.25) is 11.8 Å². The minimum Gasteiger partial charge on any atom is -0.368 e. The topological polar surface area (TPSA) is 123 Å². The van der Waals surface area contributed by atoms with Gasteiger partial charge in [0.25, 0.3) is 0 Å². The molecule has 0 bridgehead atoms. The van der Waals surface area contributed by atoms with E-state index >= 15 is 0 Å². The number of carbonyl (C=O) groups is 2. The first-order chi connectivity index (χ1) is 12.0. The Morgan fingerprint density at radius 3 is 2.76 bits per heavy atom. The van der Waals surface area contributed by atoms with Crippen LogP contribution in [0.3, 0.4) is 0 Å². The van der Waals surface area contributed by atoms with Crippen molar-refractivity contribution in [2.45, 2.75) is 45.1 Å². The molecule has 0 spiro atoms. The number of nitrogens with two attached hydrogens (primary N) is 1. The van der Waals surface area contributed by atoms with Gasteiger partial charge in [-0.25, -0.2) is 9.97 Å². The van der Waals surface area contributed by atoms with Crippen LogP contribution in [0.25, 0.3) is 0 Å². The zero-order chi connectivity index (χ0) is 17.8. The van der Waals surface area contributed by atoms with Gasteiger partial charge in [0, 0.05) is 44.2 Å². The molecule has 2 amide bonds. The molecule has 1 aliphatic heterocycles. The molecule has 134 valence electrons. The van der Waals surface area contributed by atoms with E-state index in [1.807, 2.05) is 11.8 Å². The van der Waals surface area contributed by atoms with Crippen LogP contribution < -0.4 is 5.73 Å². The summed E-state index contributed by atoms with van der Waals surface area (Å²) in [4.78, 5) is 34.0. The Hall–Kier alpha value is -2.71. The number of nitrogens with zero attached hydrogens (tertiary/aromatic N) is 5. The molecule has 1 aliphatic rings. The SMILES string of the molecule is Cc1nc(CCC(=O)N2CCC(c3nccn3CC(N)=O)CC2)n[nH]1. The van der Waals surface area contributed by atoms with E-state index in [0.717, 1.165) is 24.5 Å². The maximum atomic E-state index is 12.4. The van der Waals surface area contributed by atoms with Crippen LogP contribution in [-0.2, 0) is 22.6 Å². The highest BCUT2D eigenvalue weighted by Crippen LogP contribution is 2.27. The Bertz CT molecular complexity index is 743. The number of imidazole rings is 1. The Morgan fingerprint density at radius 2 is 2.12 bits per heavy atom. The molecule has 3 heterocycles. The van der Waals surface area contributed by atoms with Gasteiger partial charge in [0.1, 0.15) is 18.2 Å². The summed E-state index contributed by atoms with van der Waals surface area (Å²) < 4.78 is 1.80. The molecule has 0 radical (unpaired) electrons. The fraction of sp³-hybridized carbons (Fsp3) is 0.562. The largest absolute Gasteiger partial charge is 0.368 e. The van der Waals surface area contributed by atoms with Crippen molar-refractivity contribution < 1.29 is 9.59 Å². The second-order valence-corrected chi connectivity index (χ2v) is 6.37. The van der Waals surface area contributed by atoms with E-state index in [0.29, 0.717) is 31.8 Å². The molecule has 2 aromatic heterocycles. The van der Waals surface area contributed by atoms with Gasteiger partial charge >= 0.3 is 0 Å². The zero-order valence-electron chi connectivity index (χ0n) is 14.3. The number of rotatable bonds is 6. The molecule has 3 N–H and O–H groups in total. The number of aromatic amines is 1. The second-order valence-electron chi connectivity index (χ2n) is 6.37. The molecule has 3 rings (SSSR count). The van der Waals surface area contributed by atoms with Crippen LogP contribution in [0.2, 0.25) is 0 Å². The maximum absolute atomic E-state index is 12.4. The van der Waals surface area contributed by atoms with Crippen LogP contribution in [0, 0.1) is 6.92 Å². The van der Waals surface area contributed by atoms with Gasteiger partial charge in [0.05, 0.1) is 0 Å². The van der Waals surface area contributed by atoms with Crippen molar-refractivity contribution in [1.82, 2.24) is 29.6 Å². The van der Waals surface area contributed by atoms with E-state index in [1.165, 1.54) is 0 Å². The van der Waals surface area contributed by atoms with Crippen LogP contribution in [0.4, 0.5) is 0 Å². The molecule has 9 heteroatoms. The third-order valence-corrected chi connectivity index (χ3v) is 4.49. The number of amides is 2. The number of aryl methyl sites for hydroxylation is 2. The molecule has 9 nitrogen and oxygen atoms in total. The normalized spacial score (nSPS) is 15.5. The summed E-state index contributed by atoms with van der Waals surface area (Å²) in [5.74, 6) is 2.30. The number of aromatic nitrogens is 5. The molecule has 1 fully saturated rings. The standard InChI is InChI=1S/C16H23N7O2/c1-11-19-14(21-20-11)2-3-15(25)22-7-4-12(5-8-22)16-18-6-9-23(16)10-13(17)24/h6,9,12H,2-5,7-8,10H2,1H3,(H2,17,24)(H,19,20,21). The van der Waals surface area contributed by atoms with Gasteiger partial charge in [-0.3, -0.25) is 14.7 Å². The number of hydrogen-bond acceptors (Lipinski definition) is 5. The fourth-order valence-corrected chi connectivity index (χ4v) is 3.25. The van der Waals surface area contributed by atoms with E-state index in [2.05, 4.69) is 20.2 Å². The van der Waals surface area contributed by atoms with Gasteiger partial charge in [-0.15, -0.1) is 0 Å². The first-order valence-corrected chi connectivity index (χ1v) is 8.48. The fourth-order valence-electron chi connectivity index (χ4n) is 3.25. The molecule has 0 aromatic carbocycles. The highest BCUT2D eigenvalue weighted by atomic mass is 16.2. The number of likely N-dealkylation sites (tertiary alicyclic amines) is 1. The van der Waals surface area contributed by atoms with Gasteiger partial charge in [-0.05, 0) is 19.8 Å². The third-order valence-electron chi connectivity index (χ3n) is 4.49. The summed E-state index contributed by atoms with van der Waals surface area (Å²) in [7, 11) is 0. The third kappa shape index (κ3) is 4.23. The molecule has 2 aromatic rings. The summed E-state index contributed by atoms with van der Waals surface area (Å²) in [5, 5.41) is 6.84. The lowest BCUT2D eigenvalue weighted by Crippen LogP contribution is -2.38. The minimum atomic E-state index is -0.380. The van der Waals surface area contributed by atoms with E-state index in [1.54, 1.807) is 17.0 Å². The van der Waals surface area contributed by atoms with E-state index in [-0.39, 0.29) is 24.3 Å². The molecule has 0 saturated carbocycles. The lowest BCUT2D eigenvalue weighted by molar-refractivity contribution is -0.132. The van der Waals surface area contributed by atoms with E-state index in [4.69, 9.17) is 5.73 Å². The maximum Gasteiger partial charge on any atom is 0.237 e. The minimum absolute atomic E-state index is 0.126. The molecule has 25 heavy (non-hydrogen) atoms. The number of H-pyrrole nitrogens is 1. The Morgan fingerprint density at radius 1 is 1.36 bits per heavy atom. The lowest BCUT2D eigenvalue weighted by Gasteiger charge is -2.32. The van der Waals surface area contributed by atoms with Crippen LogP contribution in [0.1, 0.15) is 42.7 Å². The number of primary amides is 1. The summed E-state index contributed by atoms with van der Waals surface area (Å²) >= 11 is 0. The average Bonchev–Trinajstić information content (AvgIpc) is 3.21. The second kappa shape index (κ2) is 7.45. The van der Waals surface area contributed by atoms with Gasteiger partial charge in [-0.1, -0.05) is 0 Å².